The van der Waals surface area contributed by atoms with Crippen LogP contribution in [0.25, 0.3) is 0 Å². The van der Waals surface area contributed by atoms with E-state index < -0.39 is 0 Å². The zero-order valence-corrected chi connectivity index (χ0v) is 9.25. The van der Waals surface area contributed by atoms with E-state index >= 15 is 0 Å². The van der Waals surface area contributed by atoms with Gasteiger partial charge in [-0.3, -0.25) is 0 Å². The maximum atomic E-state index is 3.73. The van der Waals surface area contributed by atoms with Crippen molar-refractivity contribution in [3.8, 4) is 0 Å². The second-order valence-electron chi connectivity index (χ2n) is 3.74. The first-order chi connectivity index (χ1) is 6.61. The molecular formula is C13H18N+. The number of hydrogen-bond acceptors (Lipinski definition) is 0. The highest BCUT2D eigenvalue weighted by Crippen LogP contribution is 1.98. The first-order valence-electron chi connectivity index (χ1n) is 4.88. The number of hydrogen-bond donors (Lipinski definition) is 0. The molecule has 1 aromatic heterocycles. The van der Waals surface area contributed by atoms with E-state index in [9.17, 15) is 0 Å². The smallest absolute Gasteiger partial charge is 0.172 e. The van der Waals surface area contributed by atoms with Gasteiger partial charge in [0.2, 0.25) is 0 Å². The van der Waals surface area contributed by atoms with Crippen LogP contribution < -0.4 is 4.57 Å². The van der Waals surface area contributed by atoms with Gasteiger partial charge in [-0.2, -0.15) is 0 Å². The Labute approximate surface area is 86.4 Å². The van der Waals surface area contributed by atoms with E-state index in [0.29, 0.717) is 0 Å². The number of nitrogens with zero attached hydrogens (tertiary/aromatic N) is 1. The highest BCUT2D eigenvalue weighted by Gasteiger charge is 2.00. The maximum absolute atomic E-state index is 3.73. The zero-order valence-electron chi connectivity index (χ0n) is 9.25. The molecule has 74 valence electrons. The van der Waals surface area contributed by atoms with Gasteiger partial charge in [-0.05, 0) is 38.5 Å². The molecule has 0 atom stereocenters. The van der Waals surface area contributed by atoms with Crippen molar-refractivity contribution in [1.82, 2.24) is 0 Å². The van der Waals surface area contributed by atoms with Gasteiger partial charge in [0.1, 0.15) is 0 Å². The lowest BCUT2D eigenvalue weighted by Crippen LogP contribution is -2.32. The minimum Gasteiger partial charge on any atom is -0.201 e. The first-order valence-corrected chi connectivity index (χ1v) is 4.88. The summed E-state index contributed by atoms with van der Waals surface area (Å²) in [6.45, 7) is 11.0. The molecule has 0 fully saturated rings. The van der Waals surface area contributed by atoms with E-state index in [2.05, 4.69) is 56.5 Å². The maximum Gasteiger partial charge on any atom is 0.172 e. The van der Waals surface area contributed by atoms with Gasteiger partial charge in [0.15, 0.2) is 18.9 Å². The molecule has 1 aromatic rings. The van der Waals surface area contributed by atoms with Gasteiger partial charge in [-0.15, -0.1) is 0 Å². The van der Waals surface area contributed by atoms with Crippen LogP contribution in [-0.2, 0) is 6.54 Å². The zero-order chi connectivity index (χ0) is 10.6. The van der Waals surface area contributed by atoms with Gasteiger partial charge in [-0.25, -0.2) is 4.57 Å². The SMILES string of the molecule is C=C/C(C)=C/C[n+]1cc(C)cc(C)c1. The lowest BCUT2D eigenvalue weighted by Gasteiger charge is -1.97. The number of aromatic nitrogens is 1. The summed E-state index contributed by atoms with van der Waals surface area (Å²) in [4.78, 5) is 0. The lowest BCUT2D eigenvalue weighted by atomic mass is 10.2. The lowest BCUT2D eigenvalue weighted by molar-refractivity contribution is -0.687. The third kappa shape index (κ3) is 3.17. The largest absolute Gasteiger partial charge is 0.201 e. The standard InChI is InChI=1S/C13H18N/c1-5-11(2)6-7-14-9-12(3)8-13(4)10-14/h5-6,8-10H,1,7H2,2-4H3/q+1/b11-6+. The first kappa shape index (κ1) is 10.7. The molecule has 0 N–H and O–H groups in total. The van der Waals surface area contributed by atoms with Crippen LogP contribution in [0.15, 0.2) is 42.8 Å². The third-order valence-corrected chi connectivity index (χ3v) is 2.14. The molecule has 0 unspecified atom stereocenters. The molecule has 0 amide bonds. The molecule has 0 aliphatic heterocycles. The highest BCUT2D eigenvalue weighted by atomic mass is 14.9. The second kappa shape index (κ2) is 4.75. The van der Waals surface area contributed by atoms with E-state index in [1.54, 1.807) is 0 Å². The van der Waals surface area contributed by atoms with Crippen LogP contribution in [0.3, 0.4) is 0 Å². The summed E-state index contributed by atoms with van der Waals surface area (Å²) in [6, 6.07) is 2.18. The molecule has 0 aliphatic carbocycles. The Kier molecular flexibility index (Phi) is 3.63. The summed E-state index contributed by atoms with van der Waals surface area (Å²) in [5, 5.41) is 0. The molecule has 1 heteroatoms. The van der Waals surface area contributed by atoms with Crippen molar-refractivity contribution in [2.75, 3.05) is 0 Å². The minimum absolute atomic E-state index is 0.917. The van der Waals surface area contributed by atoms with Gasteiger partial charge in [0.25, 0.3) is 0 Å². The summed E-state index contributed by atoms with van der Waals surface area (Å²) >= 11 is 0. The van der Waals surface area contributed by atoms with Crippen molar-refractivity contribution in [3.63, 3.8) is 0 Å². The highest BCUT2D eigenvalue weighted by molar-refractivity contribution is 5.13. The molecule has 1 heterocycles. The predicted molar refractivity (Wildman–Crippen MR) is 60.1 cm³/mol. The van der Waals surface area contributed by atoms with Crippen molar-refractivity contribution >= 4 is 0 Å². The fraction of sp³-hybridized carbons (Fsp3) is 0.308. The van der Waals surface area contributed by atoms with E-state index in [-0.39, 0.29) is 0 Å². The normalized spacial score (nSPS) is 11.5. The molecular weight excluding hydrogens is 170 g/mol. The van der Waals surface area contributed by atoms with Crippen molar-refractivity contribution < 1.29 is 4.57 Å². The summed E-state index contributed by atoms with van der Waals surface area (Å²) in [7, 11) is 0. The summed E-state index contributed by atoms with van der Waals surface area (Å²) in [6.07, 6.45) is 8.36. The molecule has 1 nitrogen and oxygen atoms in total. The van der Waals surface area contributed by atoms with Crippen LogP contribution >= 0.6 is 0 Å². The molecule has 0 radical (unpaired) electrons. The van der Waals surface area contributed by atoms with Crippen LogP contribution in [0.2, 0.25) is 0 Å². The predicted octanol–water partition coefficient (Wildman–Crippen LogP) is 2.72. The molecule has 0 saturated carbocycles. The number of allylic oxidation sites excluding steroid dienone is 3. The number of aryl methyl sites for hydroxylation is 2. The van der Waals surface area contributed by atoms with Crippen LogP contribution in [-0.4, -0.2) is 0 Å². The van der Waals surface area contributed by atoms with Gasteiger partial charge in [-0.1, -0.05) is 12.7 Å². The van der Waals surface area contributed by atoms with Crippen molar-refractivity contribution in [2.45, 2.75) is 27.3 Å². The van der Waals surface area contributed by atoms with E-state index in [4.69, 9.17) is 0 Å². The quantitative estimate of drug-likeness (QED) is 0.507. The summed E-state index contributed by atoms with van der Waals surface area (Å²) < 4.78 is 2.19. The Balaban J connectivity index is 2.82. The van der Waals surface area contributed by atoms with Crippen molar-refractivity contribution in [1.29, 1.82) is 0 Å². The molecule has 0 aromatic carbocycles. The average Bonchev–Trinajstić information content (AvgIpc) is 2.12. The molecule has 0 bridgehead atoms. The average molecular weight is 188 g/mol. The molecule has 1 rings (SSSR count). The Morgan fingerprint density at radius 3 is 2.43 bits per heavy atom. The minimum atomic E-state index is 0.917. The number of pyridine rings is 1. The van der Waals surface area contributed by atoms with Gasteiger partial charge >= 0.3 is 0 Å². The third-order valence-electron chi connectivity index (χ3n) is 2.14. The molecule has 0 aliphatic rings. The topological polar surface area (TPSA) is 3.88 Å². The van der Waals surface area contributed by atoms with Crippen LogP contribution in [0.1, 0.15) is 18.1 Å². The van der Waals surface area contributed by atoms with Crippen LogP contribution in [0.5, 0.6) is 0 Å². The van der Waals surface area contributed by atoms with E-state index in [0.717, 1.165) is 6.54 Å². The Bertz CT molecular complexity index is 341. The Morgan fingerprint density at radius 2 is 1.93 bits per heavy atom. The van der Waals surface area contributed by atoms with Gasteiger partial charge < -0.3 is 0 Å². The summed E-state index contributed by atoms with van der Waals surface area (Å²) in [5.41, 5.74) is 3.82. The fourth-order valence-electron chi connectivity index (χ4n) is 1.43. The second-order valence-corrected chi connectivity index (χ2v) is 3.74. The van der Waals surface area contributed by atoms with Crippen LogP contribution in [0.4, 0.5) is 0 Å². The monoisotopic (exact) mass is 188 g/mol. The van der Waals surface area contributed by atoms with Crippen molar-refractivity contribution in [2.24, 2.45) is 0 Å². The fourth-order valence-corrected chi connectivity index (χ4v) is 1.43. The Hall–Kier alpha value is -1.37. The van der Waals surface area contributed by atoms with Gasteiger partial charge in [0, 0.05) is 11.1 Å². The summed E-state index contributed by atoms with van der Waals surface area (Å²) in [5.74, 6) is 0. The molecule has 0 spiro atoms. The van der Waals surface area contributed by atoms with Gasteiger partial charge in [0.05, 0.1) is 0 Å². The van der Waals surface area contributed by atoms with E-state index in [1.807, 2.05) is 6.08 Å². The van der Waals surface area contributed by atoms with E-state index in [1.165, 1.54) is 16.7 Å². The number of rotatable bonds is 3. The Morgan fingerprint density at radius 1 is 1.36 bits per heavy atom. The molecule has 0 saturated heterocycles. The van der Waals surface area contributed by atoms with Crippen LogP contribution in [0, 0.1) is 13.8 Å². The van der Waals surface area contributed by atoms with Crippen molar-refractivity contribution in [3.05, 3.63) is 53.9 Å². The molecule has 14 heavy (non-hydrogen) atoms.